The smallest absolute Gasteiger partial charge is 0.361 e. The van der Waals surface area contributed by atoms with E-state index in [9.17, 15) is 4.79 Å². The predicted octanol–water partition coefficient (Wildman–Crippen LogP) is 1.79. The number of hydrogen-bond acceptors (Lipinski definition) is 5. The van der Waals surface area contributed by atoms with Gasteiger partial charge in [-0.15, -0.1) is 0 Å². The Hall–Kier alpha value is -1.89. The number of aromatic nitrogens is 3. The molecular weight excluding hydrogens is 300 g/mol. The van der Waals surface area contributed by atoms with Crippen molar-refractivity contribution in [1.82, 2.24) is 14.8 Å². The van der Waals surface area contributed by atoms with Crippen LogP contribution in [0, 0.1) is 0 Å². The first-order valence-corrected chi connectivity index (χ1v) is 6.05. The summed E-state index contributed by atoms with van der Waals surface area (Å²) in [5.41, 5.74) is 6.87. The number of nitrogens with zero attached hydrogens (tertiary/aromatic N) is 3. The molecular formula is C11H11BrN4O2. The van der Waals surface area contributed by atoms with Gasteiger partial charge in [0.2, 0.25) is 0 Å². The van der Waals surface area contributed by atoms with Gasteiger partial charge in [0.25, 0.3) is 0 Å². The molecule has 6 nitrogen and oxygen atoms in total. The molecule has 2 aromatic rings. The molecule has 2 rings (SSSR count). The van der Waals surface area contributed by atoms with Crippen molar-refractivity contribution in [1.29, 1.82) is 0 Å². The monoisotopic (exact) mass is 310 g/mol. The van der Waals surface area contributed by atoms with E-state index < -0.39 is 5.97 Å². The largest absolute Gasteiger partial charge is 0.461 e. The van der Waals surface area contributed by atoms with Gasteiger partial charge < -0.3 is 10.5 Å². The van der Waals surface area contributed by atoms with Gasteiger partial charge in [-0.2, -0.15) is 5.10 Å². The van der Waals surface area contributed by atoms with Crippen LogP contribution >= 0.6 is 15.9 Å². The number of nitrogen functional groups attached to an aromatic ring is 1. The maximum atomic E-state index is 11.6. The summed E-state index contributed by atoms with van der Waals surface area (Å²) in [5, 5.41) is 4.12. The molecule has 94 valence electrons. The van der Waals surface area contributed by atoms with Crippen LogP contribution < -0.4 is 5.73 Å². The van der Waals surface area contributed by atoms with Gasteiger partial charge in [0.05, 0.1) is 28.7 Å². The third-order valence-corrected chi connectivity index (χ3v) is 2.82. The number of hydrogen-bond donors (Lipinski definition) is 1. The maximum Gasteiger partial charge on any atom is 0.361 e. The van der Waals surface area contributed by atoms with Gasteiger partial charge >= 0.3 is 5.97 Å². The molecule has 0 amide bonds. The van der Waals surface area contributed by atoms with Crippen LogP contribution in [0.2, 0.25) is 0 Å². The van der Waals surface area contributed by atoms with E-state index in [4.69, 9.17) is 10.5 Å². The van der Waals surface area contributed by atoms with E-state index in [0.717, 1.165) is 10.2 Å². The number of carbonyl (C=O) groups is 1. The van der Waals surface area contributed by atoms with Crippen molar-refractivity contribution in [3.05, 3.63) is 34.8 Å². The summed E-state index contributed by atoms with van der Waals surface area (Å²) in [6, 6.07) is 1.76. The summed E-state index contributed by atoms with van der Waals surface area (Å²) < 4.78 is 7.13. The van der Waals surface area contributed by atoms with Crippen LogP contribution in [0.3, 0.4) is 0 Å². The normalized spacial score (nSPS) is 10.3. The Labute approximate surface area is 112 Å². The molecule has 2 N–H and O–H groups in total. The quantitative estimate of drug-likeness (QED) is 0.874. The lowest BCUT2D eigenvalue weighted by molar-refractivity contribution is 0.0520. The number of nitrogens with two attached hydrogens (primary N) is 1. The minimum atomic E-state index is -0.529. The van der Waals surface area contributed by atoms with Crippen molar-refractivity contribution < 1.29 is 9.53 Å². The minimum Gasteiger partial charge on any atom is -0.461 e. The lowest BCUT2D eigenvalue weighted by Gasteiger charge is -2.02. The summed E-state index contributed by atoms with van der Waals surface area (Å²) in [5.74, 6) is -0.529. The number of halogens is 1. The van der Waals surface area contributed by atoms with Crippen molar-refractivity contribution in [3.63, 3.8) is 0 Å². The zero-order chi connectivity index (χ0) is 13.1. The standard InChI is InChI=1S/C11H11BrN4O2/c1-2-18-11(17)10-8(13)6-16(15-10)9-3-4-14-5-7(9)12/h3-6H,2,13H2,1H3. The Morgan fingerprint density at radius 2 is 2.39 bits per heavy atom. The molecule has 0 aliphatic rings. The summed E-state index contributed by atoms with van der Waals surface area (Å²) in [6.45, 7) is 2.01. The third kappa shape index (κ3) is 2.35. The Morgan fingerprint density at radius 3 is 3.06 bits per heavy atom. The zero-order valence-electron chi connectivity index (χ0n) is 9.63. The van der Waals surface area contributed by atoms with Gasteiger partial charge in [-0.25, -0.2) is 9.48 Å². The van der Waals surface area contributed by atoms with Gasteiger partial charge in [0.15, 0.2) is 5.69 Å². The number of ether oxygens (including phenoxy) is 1. The summed E-state index contributed by atoms with van der Waals surface area (Å²) in [4.78, 5) is 15.5. The number of anilines is 1. The average Bonchev–Trinajstić information content (AvgIpc) is 2.72. The SMILES string of the molecule is CCOC(=O)c1nn(-c2ccncc2Br)cc1N. The highest BCUT2D eigenvalue weighted by Gasteiger charge is 2.17. The number of rotatable bonds is 3. The second kappa shape index (κ2) is 5.18. The Kier molecular flexibility index (Phi) is 3.61. The van der Waals surface area contributed by atoms with Gasteiger partial charge in [-0.1, -0.05) is 0 Å². The number of esters is 1. The Bertz CT molecular complexity index is 582. The second-order valence-electron chi connectivity index (χ2n) is 3.43. The lowest BCUT2D eigenvalue weighted by Crippen LogP contribution is -2.08. The van der Waals surface area contributed by atoms with E-state index in [1.54, 1.807) is 31.6 Å². The van der Waals surface area contributed by atoms with Crippen LogP contribution in [-0.4, -0.2) is 27.3 Å². The number of pyridine rings is 1. The zero-order valence-corrected chi connectivity index (χ0v) is 11.2. The predicted molar refractivity (Wildman–Crippen MR) is 69.4 cm³/mol. The van der Waals surface area contributed by atoms with E-state index in [1.807, 2.05) is 0 Å². The molecule has 2 heterocycles. The fraction of sp³-hybridized carbons (Fsp3) is 0.182. The third-order valence-electron chi connectivity index (χ3n) is 2.21. The van der Waals surface area contributed by atoms with Crippen LogP contribution in [0.15, 0.2) is 29.1 Å². The highest BCUT2D eigenvalue weighted by molar-refractivity contribution is 9.10. The van der Waals surface area contributed by atoms with Gasteiger partial charge in [-0.3, -0.25) is 4.98 Å². The summed E-state index contributed by atoms with van der Waals surface area (Å²) in [7, 11) is 0. The molecule has 0 atom stereocenters. The first-order chi connectivity index (χ1) is 8.63. The Balaban J connectivity index is 2.41. The minimum absolute atomic E-state index is 0.112. The topological polar surface area (TPSA) is 83.0 Å². The second-order valence-corrected chi connectivity index (χ2v) is 4.28. The number of carbonyl (C=O) groups excluding carboxylic acids is 1. The molecule has 0 radical (unpaired) electrons. The summed E-state index contributed by atoms with van der Waals surface area (Å²) >= 11 is 3.35. The van der Waals surface area contributed by atoms with E-state index >= 15 is 0 Å². The van der Waals surface area contributed by atoms with Crippen molar-refractivity contribution >= 4 is 27.6 Å². The fourth-order valence-electron chi connectivity index (χ4n) is 1.42. The molecule has 0 spiro atoms. The van der Waals surface area contributed by atoms with E-state index in [0.29, 0.717) is 0 Å². The van der Waals surface area contributed by atoms with Crippen LogP contribution in [-0.2, 0) is 4.74 Å². The molecule has 0 saturated carbocycles. The molecule has 18 heavy (non-hydrogen) atoms. The average molecular weight is 311 g/mol. The van der Waals surface area contributed by atoms with Crippen molar-refractivity contribution in [2.45, 2.75) is 6.92 Å². The first-order valence-electron chi connectivity index (χ1n) is 5.25. The van der Waals surface area contributed by atoms with Gasteiger partial charge in [0, 0.05) is 12.4 Å². The van der Waals surface area contributed by atoms with Crippen LogP contribution in [0.25, 0.3) is 5.69 Å². The first kappa shape index (κ1) is 12.6. The van der Waals surface area contributed by atoms with Crippen molar-refractivity contribution in [3.8, 4) is 5.69 Å². The lowest BCUT2D eigenvalue weighted by atomic mass is 10.4. The molecule has 0 unspecified atom stereocenters. The molecule has 2 aromatic heterocycles. The molecule has 0 aromatic carbocycles. The maximum absolute atomic E-state index is 11.6. The molecule has 0 bridgehead atoms. The molecule has 0 saturated heterocycles. The highest BCUT2D eigenvalue weighted by atomic mass is 79.9. The van der Waals surface area contributed by atoms with Gasteiger partial charge in [0.1, 0.15) is 0 Å². The van der Waals surface area contributed by atoms with Crippen LogP contribution in [0.4, 0.5) is 5.69 Å². The Morgan fingerprint density at radius 1 is 1.61 bits per heavy atom. The molecule has 0 aliphatic carbocycles. The summed E-state index contributed by atoms with van der Waals surface area (Å²) in [6.07, 6.45) is 4.82. The van der Waals surface area contributed by atoms with Crippen LogP contribution in [0.1, 0.15) is 17.4 Å². The molecule has 0 aliphatic heterocycles. The fourth-order valence-corrected chi connectivity index (χ4v) is 1.85. The molecule has 7 heteroatoms. The van der Waals surface area contributed by atoms with Crippen molar-refractivity contribution in [2.24, 2.45) is 0 Å². The van der Waals surface area contributed by atoms with E-state index in [-0.39, 0.29) is 18.0 Å². The van der Waals surface area contributed by atoms with E-state index in [1.165, 1.54) is 4.68 Å². The van der Waals surface area contributed by atoms with Gasteiger partial charge in [-0.05, 0) is 28.9 Å². The van der Waals surface area contributed by atoms with Crippen LogP contribution in [0.5, 0.6) is 0 Å². The highest BCUT2D eigenvalue weighted by Crippen LogP contribution is 2.21. The van der Waals surface area contributed by atoms with Crippen molar-refractivity contribution in [2.75, 3.05) is 12.3 Å². The van der Waals surface area contributed by atoms with E-state index in [2.05, 4.69) is 26.0 Å². The molecule has 0 fully saturated rings.